The van der Waals surface area contributed by atoms with Crippen molar-refractivity contribution in [3.8, 4) is 0 Å². The molecule has 12 heteroatoms. The largest absolute Gasteiger partial charge is 0.481 e. The number of nitrogens with zero attached hydrogens (tertiary/aromatic N) is 3. The fourth-order valence-corrected chi connectivity index (χ4v) is 10.1. The lowest BCUT2D eigenvalue weighted by Crippen LogP contribution is -2.49. The van der Waals surface area contributed by atoms with E-state index in [9.17, 15) is 9.59 Å². The van der Waals surface area contributed by atoms with E-state index in [1.807, 2.05) is 50.2 Å². The standard InChI is InChI=1S/C28H35ClN2O3.C27H35ClN2O3/c1-3-21-13-20(9-12-26(21)22-7-5-4-6-8-22)18-34-30-19(2)23-10-11-24(27(29)14-23)15-31-16-25(17-31)28(32)33;1-3-21-15-20(9-12-25(21)22-7-5-4-6-8-22)18-33-30-19(2)23-10-11-24(26(28)16-23)17-29-14-13-27(31)32/h9-14,22,25H,3-8,15-18H2,1-2H3,(H,32,33);9-12,15-16,22,29H,3-8,13-14,17-18H2,1-2H3,(H,31,32). The highest BCUT2D eigenvalue weighted by atomic mass is 35.5. The van der Waals surface area contributed by atoms with Gasteiger partial charge in [-0.05, 0) is 121 Å². The van der Waals surface area contributed by atoms with Crippen LogP contribution in [0.25, 0.3) is 0 Å². The molecule has 4 aromatic carbocycles. The summed E-state index contributed by atoms with van der Waals surface area (Å²) in [5.41, 5.74) is 13.5. The quantitative estimate of drug-likeness (QED) is 0.0453. The minimum absolute atomic E-state index is 0.0852. The van der Waals surface area contributed by atoms with E-state index in [0.717, 1.165) is 57.6 Å². The number of likely N-dealkylation sites (tertiary alicyclic amines) is 1. The zero-order valence-electron chi connectivity index (χ0n) is 39.9. The summed E-state index contributed by atoms with van der Waals surface area (Å²) >= 11 is 12.9. The van der Waals surface area contributed by atoms with E-state index in [4.69, 9.17) is 43.1 Å². The van der Waals surface area contributed by atoms with Crippen LogP contribution in [0.4, 0.5) is 0 Å². The number of aliphatic carboxylic acids is 2. The Morgan fingerprint density at radius 2 is 1.13 bits per heavy atom. The summed E-state index contributed by atoms with van der Waals surface area (Å²) in [5, 5.41) is 30.7. The number of oxime groups is 2. The number of rotatable bonds is 20. The molecule has 0 amide bonds. The van der Waals surface area contributed by atoms with E-state index in [2.05, 4.69) is 70.8 Å². The topological polar surface area (TPSA) is 133 Å². The average Bonchev–Trinajstić information content (AvgIpc) is 3.32. The minimum Gasteiger partial charge on any atom is -0.481 e. The second-order valence-corrected chi connectivity index (χ2v) is 19.3. The first-order chi connectivity index (χ1) is 32.4. The smallest absolute Gasteiger partial charge is 0.309 e. The highest BCUT2D eigenvalue weighted by molar-refractivity contribution is 6.32. The van der Waals surface area contributed by atoms with Crippen molar-refractivity contribution < 1.29 is 29.5 Å². The summed E-state index contributed by atoms with van der Waals surface area (Å²) in [4.78, 5) is 35.0. The predicted molar refractivity (Wildman–Crippen MR) is 271 cm³/mol. The summed E-state index contributed by atoms with van der Waals surface area (Å²) in [6, 6.07) is 25.2. The van der Waals surface area contributed by atoms with E-state index < -0.39 is 11.9 Å². The summed E-state index contributed by atoms with van der Waals surface area (Å²) in [6.07, 6.45) is 15.6. The van der Waals surface area contributed by atoms with Crippen LogP contribution >= 0.6 is 23.2 Å². The lowest BCUT2D eigenvalue weighted by atomic mass is 9.81. The summed E-state index contributed by atoms with van der Waals surface area (Å²) < 4.78 is 0. The van der Waals surface area contributed by atoms with Crippen LogP contribution < -0.4 is 5.32 Å². The number of carboxylic acid groups (broad SMARTS) is 2. The van der Waals surface area contributed by atoms with Gasteiger partial charge >= 0.3 is 11.9 Å². The Bertz CT molecular complexity index is 2330. The van der Waals surface area contributed by atoms with Crippen molar-refractivity contribution in [2.24, 2.45) is 16.2 Å². The van der Waals surface area contributed by atoms with Crippen molar-refractivity contribution in [1.29, 1.82) is 0 Å². The molecule has 0 radical (unpaired) electrons. The van der Waals surface area contributed by atoms with Crippen LogP contribution in [0.15, 0.2) is 83.1 Å². The third-order valence-electron chi connectivity index (χ3n) is 13.6. The summed E-state index contributed by atoms with van der Waals surface area (Å²) in [6.45, 7) is 11.9. The average molecular weight is 954 g/mol. The maximum Gasteiger partial charge on any atom is 0.309 e. The Balaban J connectivity index is 0.000000221. The molecule has 4 aromatic rings. The first kappa shape index (κ1) is 51.6. The van der Waals surface area contributed by atoms with Crippen LogP contribution in [0.2, 0.25) is 10.0 Å². The molecule has 0 atom stereocenters. The van der Waals surface area contributed by atoms with Crippen LogP contribution in [-0.2, 0) is 58.4 Å². The van der Waals surface area contributed by atoms with Crippen LogP contribution in [0.1, 0.15) is 166 Å². The van der Waals surface area contributed by atoms with Gasteiger partial charge in [0.2, 0.25) is 0 Å². The first-order valence-corrected chi connectivity index (χ1v) is 25.2. The molecule has 0 spiro atoms. The van der Waals surface area contributed by atoms with Gasteiger partial charge in [-0.3, -0.25) is 14.5 Å². The highest BCUT2D eigenvalue weighted by Gasteiger charge is 2.32. The van der Waals surface area contributed by atoms with Crippen molar-refractivity contribution in [3.63, 3.8) is 0 Å². The van der Waals surface area contributed by atoms with Gasteiger partial charge in [0.25, 0.3) is 0 Å². The Morgan fingerprint density at radius 1 is 0.657 bits per heavy atom. The Morgan fingerprint density at radius 3 is 1.57 bits per heavy atom. The Labute approximate surface area is 408 Å². The molecule has 3 N–H and O–H groups in total. The molecule has 1 aliphatic heterocycles. The van der Waals surface area contributed by atoms with Gasteiger partial charge in [0, 0.05) is 53.9 Å². The maximum atomic E-state index is 11.0. The van der Waals surface area contributed by atoms with Gasteiger partial charge < -0.3 is 25.2 Å². The predicted octanol–water partition coefficient (Wildman–Crippen LogP) is 12.9. The van der Waals surface area contributed by atoms with Gasteiger partial charge in [0.15, 0.2) is 0 Å². The molecule has 3 fully saturated rings. The number of aryl methyl sites for hydroxylation is 2. The maximum absolute atomic E-state index is 11.0. The number of hydrogen-bond donors (Lipinski definition) is 3. The molecule has 3 aliphatic rings. The van der Waals surface area contributed by atoms with Crippen LogP contribution in [0.5, 0.6) is 0 Å². The molecule has 67 heavy (non-hydrogen) atoms. The molecule has 2 saturated carbocycles. The van der Waals surface area contributed by atoms with Gasteiger partial charge in [-0.2, -0.15) is 0 Å². The molecule has 1 saturated heterocycles. The van der Waals surface area contributed by atoms with Crippen molar-refractivity contribution in [2.45, 2.75) is 149 Å². The SMILES string of the molecule is CCc1cc(CON=C(C)c2ccc(CN3CC(C(=O)O)C3)c(Cl)c2)ccc1C1CCCCC1.CCc1cc(CON=C(C)c2ccc(CNCCC(=O)O)c(Cl)c2)ccc1C1CCCCC1. The zero-order chi connectivity index (χ0) is 47.7. The number of carboxylic acids is 2. The second-order valence-electron chi connectivity index (χ2n) is 18.5. The zero-order valence-corrected chi connectivity index (χ0v) is 41.4. The van der Waals surface area contributed by atoms with Crippen molar-refractivity contribution >= 4 is 46.6 Å². The Hall–Kier alpha value is -4.74. The van der Waals surface area contributed by atoms with Gasteiger partial charge in [0.05, 0.1) is 23.8 Å². The van der Waals surface area contributed by atoms with Crippen LogP contribution in [-0.4, -0.2) is 58.1 Å². The molecule has 0 bridgehead atoms. The van der Waals surface area contributed by atoms with E-state index in [0.29, 0.717) is 67.8 Å². The van der Waals surface area contributed by atoms with Crippen molar-refractivity contribution in [1.82, 2.24) is 10.2 Å². The lowest BCUT2D eigenvalue weighted by Gasteiger charge is -2.36. The molecule has 7 rings (SSSR count). The van der Waals surface area contributed by atoms with E-state index in [-0.39, 0.29) is 12.3 Å². The van der Waals surface area contributed by atoms with E-state index >= 15 is 0 Å². The molecule has 2 aliphatic carbocycles. The number of hydrogen-bond acceptors (Lipinski definition) is 8. The molecule has 1 heterocycles. The van der Waals surface area contributed by atoms with E-state index in [1.165, 1.54) is 86.5 Å². The van der Waals surface area contributed by atoms with E-state index in [1.54, 1.807) is 0 Å². The third kappa shape index (κ3) is 15.4. The van der Waals surface area contributed by atoms with Gasteiger partial charge in [0.1, 0.15) is 13.2 Å². The molecule has 0 aromatic heterocycles. The van der Waals surface area contributed by atoms with Crippen molar-refractivity contribution in [2.75, 3.05) is 19.6 Å². The fourth-order valence-electron chi connectivity index (χ4n) is 9.58. The van der Waals surface area contributed by atoms with Crippen LogP contribution in [0, 0.1) is 5.92 Å². The third-order valence-corrected chi connectivity index (χ3v) is 14.3. The second kappa shape index (κ2) is 26.1. The summed E-state index contributed by atoms with van der Waals surface area (Å²) in [7, 11) is 0. The molecular weight excluding hydrogens is 884 g/mol. The first-order valence-electron chi connectivity index (χ1n) is 24.4. The van der Waals surface area contributed by atoms with Crippen LogP contribution in [0.3, 0.4) is 0 Å². The molecule has 10 nitrogen and oxygen atoms in total. The number of benzene rings is 4. The van der Waals surface area contributed by atoms with Gasteiger partial charge in [-0.25, -0.2) is 0 Å². The minimum atomic E-state index is -0.818. The van der Waals surface area contributed by atoms with Gasteiger partial charge in [-0.15, -0.1) is 0 Å². The number of halogens is 2. The lowest BCUT2D eigenvalue weighted by molar-refractivity contribution is -0.147. The monoisotopic (exact) mass is 952 g/mol. The van der Waals surface area contributed by atoms with Crippen molar-refractivity contribution in [3.05, 3.63) is 138 Å². The highest BCUT2D eigenvalue weighted by Crippen LogP contribution is 2.36. The summed E-state index contributed by atoms with van der Waals surface area (Å²) in [5.74, 6) is -0.380. The Kier molecular flexibility index (Phi) is 20.1. The molecular formula is C55H70Cl2N4O6. The molecule has 360 valence electrons. The normalized spacial score (nSPS) is 16.5. The number of nitrogens with one attached hydrogen (secondary N) is 1. The number of carbonyl (C=O) groups is 2. The van der Waals surface area contributed by atoms with Gasteiger partial charge in [-0.1, -0.05) is 147 Å². The fraction of sp³-hybridized carbons (Fsp3) is 0.491. The molecule has 0 unspecified atom stereocenters.